The highest BCUT2D eigenvalue weighted by atomic mass is 19.1. The highest BCUT2D eigenvalue weighted by Crippen LogP contribution is 2.29. The molecule has 94 valence electrons. The van der Waals surface area contributed by atoms with E-state index in [0.29, 0.717) is 6.42 Å². The number of ether oxygens (including phenoxy) is 1. The van der Waals surface area contributed by atoms with Crippen molar-refractivity contribution in [3.05, 3.63) is 35.1 Å². The summed E-state index contributed by atoms with van der Waals surface area (Å²) in [5.74, 6) is -0.199. The third-order valence-corrected chi connectivity index (χ3v) is 3.78. The van der Waals surface area contributed by atoms with E-state index in [9.17, 15) is 4.39 Å². The summed E-state index contributed by atoms with van der Waals surface area (Å²) in [5.41, 5.74) is 8.03. The fraction of sp³-hybridized carbons (Fsp3) is 0.571. The number of hydrogen-bond acceptors (Lipinski definition) is 2. The van der Waals surface area contributed by atoms with E-state index in [1.54, 1.807) is 12.1 Å². The van der Waals surface area contributed by atoms with E-state index in [2.05, 4.69) is 6.92 Å². The van der Waals surface area contributed by atoms with Crippen LogP contribution in [0.2, 0.25) is 0 Å². The lowest BCUT2D eigenvalue weighted by Gasteiger charge is -2.30. The van der Waals surface area contributed by atoms with E-state index in [1.807, 2.05) is 6.92 Å². The van der Waals surface area contributed by atoms with Crippen LogP contribution in [0.25, 0.3) is 0 Å². The van der Waals surface area contributed by atoms with Crippen LogP contribution in [0.15, 0.2) is 18.2 Å². The van der Waals surface area contributed by atoms with Gasteiger partial charge in [-0.25, -0.2) is 4.39 Å². The fourth-order valence-electron chi connectivity index (χ4n) is 2.41. The Morgan fingerprint density at radius 3 is 2.94 bits per heavy atom. The van der Waals surface area contributed by atoms with E-state index in [1.165, 1.54) is 6.07 Å². The van der Waals surface area contributed by atoms with Crippen LogP contribution in [0.3, 0.4) is 0 Å². The van der Waals surface area contributed by atoms with Crippen molar-refractivity contribution in [1.29, 1.82) is 0 Å². The largest absolute Gasteiger partial charge is 0.374 e. The third-order valence-electron chi connectivity index (χ3n) is 3.78. The van der Waals surface area contributed by atoms with Crippen molar-refractivity contribution in [3.63, 3.8) is 0 Å². The molecule has 0 aromatic heterocycles. The molecule has 17 heavy (non-hydrogen) atoms. The lowest BCUT2D eigenvalue weighted by molar-refractivity contribution is -0.000946. The molecule has 1 heterocycles. The molecule has 0 amide bonds. The van der Waals surface area contributed by atoms with E-state index in [0.717, 1.165) is 30.6 Å². The second kappa shape index (κ2) is 4.75. The summed E-state index contributed by atoms with van der Waals surface area (Å²) in [6, 6.07) is 4.78. The molecule has 2 rings (SSSR count). The molecular weight excluding hydrogens is 217 g/mol. The molecule has 1 aromatic carbocycles. The van der Waals surface area contributed by atoms with Crippen molar-refractivity contribution in [2.45, 2.75) is 44.8 Å². The summed E-state index contributed by atoms with van der Waals surface area (Å²) in [6.45, 7) is 4.82. The van der Waals surface area contributed by atoms with Crippen LogP contribution in [-0.2, 0) is 11.2 Å². The Morgan fingerprint density at radius 2 is 2.29 bits per heavy atom. The Labute approximate surface area is 102 Å². The summed E-state index contributed by atoms with van der Waals surface area (Å²) in [4.78, 5) is 0. The standard InChI is InChI=1S/C14H20FNO/c1-10-4-5-12(15)8-11(10)9-13(16)14(2)6-3-7-17-14/h4-5,8,13H,3,6-7,9,16H2,1-2H3. The van der Waals surface area contributed by atoms with Crippen LogP contribution in [0.1, 0.15) is 30.9 Å². The predicted molar refractivity (Wildman–Crippen MR) is 66.4 cm³/mol. The maximum absolute atomic E-state index is 13.2. The minimum atomic E-state index is -0.251. The molecule has 1 aliphatic rings. The molecule has 1 saturated heterocycles. The molecular formula is C14H20FNO. The molecule has 2 unspecified atom stereocenters. The molecule has 3 heteroatoms. The smallest absolute Gasteiger partial charge is 0.123 e. The number of nitrogens with two attached hydrogens (primary N) is 1. The number of hydrogen-bond donors (Lipinski definition) is 1. The highest BCUT2D eigenvalue weighted by Gasteiger charge is 2.36. The van der Waals surface area contributed by atoms with Crippen molar-refractivity contribution in [2.24, 2.45) is 5.73 Å². The fourth-order valence-corrected chi connectivity index (χ4v) is 2.41. The topological polar surface area (TPSA) is 35.2 Å². The Balaban J connectivity index is 2.12. The van der Waals surface area contributed by atoms with Crippen LogP contribution in [-0.4, -0.2) is 18.2 Å². The summed E-state index contributed by atoms with van der Waals surface area (Å²) in [6.07, 6.45) is 2.72. The van der Waals surface area contributed by atoms with Gasteiger partial charge in [0.1, 0.15) is 5.82 Å². The van der Waals surface area contributed by atoms with Gasteiger partial charge in [0.15, 0.2) is 0 Å². The number of benzene rings is 1. The van der Waals surface area contributed by atoms with E-state index in [-0.39, 0.29) is 17.5 Å². The van der Waals surface area contributed by atoms with Crippen LogP contribution >= 0.6 is 0 Å². The number of halogens is 1. The maximum atomic E-state index is 13.2. The van der Waals surface area contributed by atoms with Crippen molar-refractivity contribution in [1.82, 2.24) is 0 Å². The normalized spacial score (nSPS) is 26.1. The van der Waals surface area contributed by atoms with Crippen molar-refractivity contribution < 1.29 is 9.13 Å². The van der Waals surface area contributed by atoms with Gasteiger partial charge in [0.05, 0.1) is 5.60 Å². The van der Waals surface area contributed by atoms with Crippen LogP contribution < -0.4 is 5.73 Å². The molecule has 2 N–H and O–H groups in total. The van der Waals surface area contributed by atoms with Gasteiger partial charge in [-0.2, -0.15) is 0 Å². The monoisotopic (exact) mass is 237 g/mol. The Kier molecular flexibility index (Phi) is 3.50. The number of rotatable bonds is 3. The minimum Gasteiger partial charge on any atom is -0.374 e. The molecule has 0 bridgehead atoms. The zero-order valence-corrected chi connectivity index (χ0v) is 10.5. The highest BCUT2D eigenvalue weighted by molar-refractivity contribution is 5.27. The van der Waals surface area contributed by atoms with Gasteiger partial charge in [0.2, 0.25) is 0 Å². The van der Waals surface area contributed by atoms with Gasteiger partial charge < -0.3 is 10.5 Å². The van der Waals surface area contributed by atoms with Gasteiger partial charge in [-0.3, -0.25) is 0 Å². The molecule has 2 nitrogen and oxygen atoms in total. The average molecular weight is 237 g/mol. The molecule has 0 spiro atoms. The second-order valence-electron chi connectivity index (χ2n) is 5.15. The minimum absolute atomic E-state index is 0.0782. The van der Waals surface area contributed by atoms with Crippen LogP contribution in [0.5, 0.6) is 0 Å². The van der Waals surface area contributed by atoms with E-state index >= 15 is 0 Å². The average Bonchev–Trinajstić information content (AvgIpc) is 2.72. The van der Waals surface area contributed by atoms with Crippen LogP contribution in [0.4, 0.5) is 4.39 Å². The van der Waals surface area contributed by atoms with E-state index in [4.69, 9.17) is 10.5 Å². The summed E-state index contributed by atoms with van der Waals surface area (Å²) in [5, 5.41) is 0. The Morgan fingerprint density at radius 1 is 1.53 bits per heavy atom. The van der Waals surface area contributed by atoms with Crippen molar-refractivity contribution >= 4 is 0 Å². The molecule has 0 aliphatic carbocycles. The first-order valence-corrected chi connectivity index (χ1v) is 6.16. The SMILES string of the molecule is Cc1ccc(F)cc1CC(N)C1(C)CCCO1. The van der Waals surface area contributed by atoms with Gasteiger partial charge in [-0.05, 0) is 56.4 Å². The molecule has 1 fully saturated rings. The molecule has 0 saturated carbocycles. The lowest BCUT2D eigenvalue weighted by atomic mass is 9.88. The van der Waals surface area contributed by atoms with Gasteiger partial charge in [0.25, 0.3) is 0 Å². The van der Waals surface area contributed by atoms with Crippen LogP contribution in [0, 0.1) is 12.7 Å². The Bertz CT molecular complexity index is 399. The maximum Gasteiger partial charge on any atom is 0.123 e. The van der Waals surface area contributed by atoms with Gasteiger partial charge in [-0.1, -0.05) is 6.07 Å². The quantitative estimate of drug-likeness (QED) is 0.877. The van der Waals surface area contributed by atoms with Crippen molar-refractivity contribution in [2.75, 3.05) is 6.61 Å². The first kappa shape index (κ1) is 12.5. The lowest BCUT2D eigenvalue weighted by Crippen LogP contribution is -2.46. The van der Waals surface area contributed by atoms with E-state index < -0.39 is 0 Å². The summed E-state index contributed by atoms with van der Waals surface area (Å²) >= 11 is 0. The summed E-state index contributed by atoms with van der Waals surface area (Å²) in [7, 11) is 0. The summed E-state index contributed by atoms with van der Waals surface area (Å²) < 4.78 is 18.9. The molecule has 2 atom stereocenters. The number of aryl methyl sites for hydroxylation is 1. The van der Waals surface area contributed by atoms with Gasteiger partial charge >= 0.3 is 0 Å². The zero-order valence-electron chi connectivity index (χ0n) is 10.5. The third kappa shape index (κ3) is 2.67. The van der Waals surface area contributed by atoms with Gasteiger partial charge in [0, 0.05) is 12.6 Å². The molecule has 1 aliphatic heterocycles. The first-order chi connectivity index (χ1) is 8.01. The zero-order chi connectivity index (χ0) is 12.5. The molecule has 1 aromatic rings. The van der Waals surface area contributed by atoms with Gasteiger partial charge in [-0.15, -0.1) is 0 Å². The molecule has 0 radical (unpaired) electrons. The second-order valence-corrected chi connectivity index (χ2v) is 5.15. The Hall–Kier alpha value is -0.930. The predicted octanol–water partition coefficient (Wildman–Crippen LogP) is 2.57. The first-order valence-electron chi connectivity index (χ1n) is 6.16. The van der Waals surface area contributed by atoms with Crippen molar-refractivity contribution in [3.8, 4) is 0 Å².